The molecule has 340 valence electrons. The zero-order chi connectivity index (χ0) is 47.7. The average molecular weight is 897 g/mol. The summed E-state index contributed by atoms with van der Waals surface area (Å²) in [5.41, 5.74) is 27.6. The molecule has 0 fully saturated rings. The first kappa shape index (κ1) is 42.3. The third kappa shape index (κ3) is 5.81. The average Bonchev–Trinajstić information content (AvgIpc) is 3.69. The van der Waals surface area contributed by atoms with E-state index in [9.17, 15) is 0 Å². The van der Waals surface area contributed by atoms with Crippen molar-refractivity contribution in [1.29, 1.82) is 0 Å². The topological polar surface area (TPSA) is 19.6 Å². The van der Waals surface area contributed by atoms with Crippen LogP contribution in [-0.2, 0) is 21.7 Å². The Labute approximate surface area is 408 Å². The first-order valence-corrected chi connectivity index (χ1v) is 25.3. The van der Waals surface area contributed by atoms with Crippen LogP contribution >= 0.6 is 0 Å². The highest BCUT2D eigenvalue weighted by molar-refractivity contribution is 7.00. The lowest BCUT2D eigenvalue weighted by atomic mass is 9.33. The van der Waals surface area contributed by atoms with Gasteiger partial charge in [-0.3, -0.25) is 0 Å². The van der Waals surface area contributed by atoms with Crippen LogP contribution < -0.4 is 26.2 Å². The van der Waals surface area contributed by atoms with Crippen molar-refractivity contribution in [3.05, 3.63) is 196 Å². The summed E-state index contributed by atoms with van der Waals surface area (Å²) in [5.74, 6) is 0. The summed E-state index contributed by atoms with van der Waals surface area (Å²) in [6.45, 7) is 26.4. The van der Waals surface area contributed by atoms with Gasteiger partial charge in [-0.15, -0.1) is 0 Å². The zero-order valence-corrected chi connectivity index (χ0v) is 42.2. The fourth-order valence-electron chi connectivity index (χ4n) is 13.5. The Hall–Kier alpha value is -6.78. The third-order valence-corrected chi connectivity index (χ3v) is 17.5. The molecular weight excluding hydrogens is 836 g/mol. The van der Waals surface area contributed by atoms with E-state index < -0.39 is 0 Å². The van der Waals surface area contributed by atoms with Gasteiger partial charge in [-0.25, -0.2) is 0 Å². The summed E-state index contributed by atoms with van der Waals surface area (Å²) >= 11 is 0. The first-order valence-electron chi connectivity index (χ1n) is 25.3. The standard InChI is InChI=1S/C65H61BN2O/c1-38-20-12-14-22-42(38)41-31-57-61-58(32-41)68(54-35-48-47(30-40(54)3)62(4,5)28-29-63(48,6)7)56-36-50-49(64(8,9)45-24-16-17-25-46(45)65(50,10)11)34-51(56)66(61)52-37-60-44(43-23-15-19-27-59(43)69-60)33-55(52)67(57)53-26-18-13-21-39(53)2/h12-27,30-37H,28-29H2,1-11H3. The molecule has 0 unspecified atom stereocenters. The van der Waals surface area contributed by atoms with Crippen molar-refractivity contribution in [3.63, 3.8) is 0 Å². The summed E-state index contributed by atoms with van der Waals surface area (Å²) in [5, 5.41) is 2.28. The molecule has 0 bridgehead atoms. The van der Waals surface area contributed by atoms with Gasteiger partial charge < -0.3 is 14.2 Å². The van der Waals surface area contributed by atoms with Gasteiger partial charge in [0.1, 0.15) is 11.2 Å². The van der Waals surface area contributed by atoms with Gasteiger partial charge in [0.2, 0.25) is 0 Å². The maximum absolute atomic E-state index is 6.85. The molecule has 0 saturated heterocycles. The summed E-state index contributed by atoms with van der Waals surface area (Å²) < 4.78 is 6.85. The van der Waals surface area contributed by atoms with Crippen molar-refractivity contribution in [2.75, 3.05) is 9.80 Å². The number of anilines is 6. The van der Waals surface area contributed by atoms with Crippen molar-refractivity contribution < 1.29 is 4.42 Å². The van der Waals surface area contributed by atoms with E-state index in [0.29, 0.717) is 0 Å². The van der Waals surface area contributed by atoms with Gasteiger partial charge in [-0.1, -0.05) is 152 Å². The van der Waals surface area contributed by atoms with Gasteiger partial charge >= 0.3 is 0 Å². The molecule has 9 aromatic rings. The fourth-order valence-corrected chi connectivity index (χ4v) is 13.5. The summed E-state index contributed by atoms with van der Waals surface area (Å²) in [7, 11) is 0. The number of hydrogen-bond acceptors (Lipinski definition) is 3. The van der Waals surface area contributed by atoms with Gasteiger partial charge in [-0.2, -0.15) is 0 Å². The van der Waals surface area contributed by atoms with E-state index in [4.69, 9.17) is 4.42 Å². The van der Waals surface area contributed by atoms with Crippen LogP contribution in [0.4, 0.5) is 34.1 Å². The molecule has 3 nitrogen and oxygen atoms in total. The Morgan fingerprint density at radius 1 is 0.406 bits per heavy atom. The van der Waals surface area contributed by atoms with Crippen molar-refractivity contribution in [3.8, 4) is 11.1 Å². The smallest absolute Gasteiger partial charge is 0.252 e. The highest BCUT2D eigenvalue weighted by Gasteiger charge is 2.49. The Morgan fingerprint density at radius 3 is 1.62 bits per heavy atom. The van der Waals surface area contributed by atoms with Gasteiger partial charge in [0.15, 0.2) is 0 Å². The number of rotatable bonds is 3. The van der Waals surface area contributed by atoms with E-state index in [0.717, 1.165) is 28.4 Å². The van der Waals surface area contributed by atoms with Gasteiger partial charge in [0, 0.05) is 55.7 Å². The molecule has 4 heteroatoms. The second-order valence-electron chi connectivity index (χ2n) is 23.3. The molecule has 0 N–H and O–H groups in total. The van der Waals surface area contributed by atoms with E-state index in [2.05, 4.69) is 232 Å². The molecule has 4 aliphatic rings. The molecule has 0 atom stereocenters. The maximum atomic E-state index is 6.85. The third-order valence-electron chi connectivity index (χ3n) is 17.5. The Balaban J connectivity index is 1.22. The highest BCUT2D eigenvalue weighted by atomic mass is 16.3. The zero-order valence-electron chi connectivity index (χ0n) is 42.2. The van der Waals surface area contributed by atoms with Gasteiger partial charge in [-0.05, 0) is 171 Å². The molecule has 0 saturated carbocycles. The van der Waals surface area contributed by atoms with Crippen LogP contribution in [0.5, 0.6) is 0 Å². The van der Waals surface area contributed by atoms with Crippen LogP contribution in [0, 0.1) is 20.8 Å². The number of furan rings is 1. The van der Waals surface area contributed by atoms with Crippen molar-refractivity contribution in [2.24, 2.45) is 0 Å². The highest BCUT2D eigenvalue weighted by Crippen LogP contribution is 2.55. The van der Waals surface area contributed by atoms with Crippen molar-refractivity contribution in [1.82, 2.24) is 0 Å². The van der Waals surface area contributed by atoms with Crippen molar-refractivity contribution in [2.45, 2.75) is 111 Å². The molecule has 2 aliphatic heterocycles. The Morgan fingerprint density at radius 2 is 0.942 bits per heavy atom. The fraction of sp³-hybridized carbons (Fsp3) is 0.262. The van der Waals surface area contributed by atoms with Crippen molar-refractivity contribution >= 4 is 79.2 Å². The molecule has 0 radical (unpaired) electrons. The number of benzene rings is 8. The predicted molar refractivity (Wildman–Crippen MR) is 293 cm³/mol. The van der Waals surface area contributed by atoms with Gasteiger partial charge in [0.25, 0.3) is 6.71 Å². The second-order valence-corrected chi connectivity index (χ2v) is 23.3. The monoisotopic (exact) mass is 896 g/mol. The van der Waals surface area contributed by atoms with Crippen LogP contribution in [0.25, 0.3) is 33.1 Å². The number of nitrogens with zero attached hydrogens (tertiary/aromatic N) is 2. The van der Waals surface area contributed by atoms with Crippen LogP contribution in [0.1, 0.15) is 118 Å². The van der Waals surface area contributed by atoms with Crippen LogP contribution in [0.2, 0.25) is 0 Å². The van der Waals surface area contributed by atoms with Crippen LogP contribution in [0.3, 0.4) is 0 Å². The number of aryl methyl sites for hydroxylation is 3. The molecule has 0 amide bonds. The minimum Gasteiger partial charge on any atom is -0.456 e. The molecule has 8 aromatic carbocycles. The lowest BCUT2D eigenvalue weighted by molar-refractivity contribution is 0.332. The number of fused-ring (bicyclic) bond motifs is 10. The van der Waals surface area contributed by atoms with Gasteiger partial charge in [0.05, 0.1) is 0 Å². The second kappa shape index (κ2) is 14.2. The summed E-state index contributed by atoms with van der Waals surface area (Å²) in [6, 6.07) is 56.0. The molecule has 69 heavy (non-hydrogen) atoms. The first-order chi connectivity index (χ1) is 33.0. The molecule has 0 spiro atoms. The van der Waals surface area contributed by atoms with E-state index >= 15 is 0 Å². The Kier molecular flexibility index (Phi) is 8.69. The normalized spacial score (nSPS) is 17.5. The van der Waals surface area contributed by atoms with E-state index in [1.165, 1.54) is 118 Å². The molecule has 13 rings (SSSR count). The molecule has 3 heterocycles. The van der Waals surface area contributed by atoms with E-state index in [1.54, 1.807) is 0 Å². The lowest BCUT2D eigenvalue weighted by Gasteiger charge is -2.49. The molecular formula is C65H61BN2O. The lowest BCUT2D eigenvalue weighted by Crippen LogP contribution is -2.62. The quantitative estimate of drug-likeness (QED) is 0.165. The number of para-hydroxylation sites is 2. The predicted octanol–water partition coefficient (Wildman–Crippen LogP) is 15.6. The Bertz CT molecular complexity index is 3690. The minimum absolute atomic E-state index is 0.0288. The van der Waals surface area contributed by atoms with Crippen LogP contribution in [0.15, 0.2) is 150 Å². The van der Waals surface area contributed by atoms with E-state index in [-0.39, 0.29) is 28.4 Å². The SMILES string of the molecule is Cc1ccccc1-c1cc2c3c(c1)N(c1ccccc1C)c1cc4c(cc1B3c1cc3c(cc1N2c1cc2c(cc1C)C(C)(C)CCC2(C)C)C(C)(C)c1ccccc1C3(C)C)oc1ccccc14. The summed E-state index contributed by atoms with van der Waals surface area (Å²) in [4.78, 5) is 5.31. The van der Waals surface area contributed by atoms with E-state index in [1.807, 2.05) is 0 Å². The minimum atomic E-state index is -0.236. The largest absolute Gasteiger partial charge is 0.456 e. The maximum Gasteiger partial charge on any atom is 0.252 e. The molecule has 1 aromatic heterocycles. The summed E-state index contributed by atoms with van der Waals surface area (Å²) in [6.07, 6.45) is 2.33. The number of hydrogen-bond donors (Lipinski definition) is 0. The van der Waals surface area contributed by atoms with Crippen LogP contribution in [-0.4, -0.2) is 6.71 Å². The molecule has 2 aliphatic carbocycles.